The van der Waals surface area contributed by atoms with Gasteiger partial charge in [0.25, 0.3) is 0 Å². The first-order chi connectivity index (χ1) is 13.8. The summed E-state index contributed by atoms with van der Waals surface area (Å²) in [7, 11) is 0. The van der Waals surface area contributed by atoms with Gasteiger partial charge in [-0.15, -0.1) is 10.2 Å². The molecule has 3 heterocycles. The van der Waals surface area contributed by atoms with Crippen LogP contribution in [0.5, 0.6) is 5.88 Å². The molecule has 0 spiro atoms. The second-order valence-corrected chi connectivity index (χ2v) is 6.97. The Hall–Kier alpha value is -3.03. The minimum absolute atomic E-state index is 0.0634. The molecular weight excluding hydrogens is 378 g/mol. The van der Waals surface area contributed by atoms with Gasteiger partial charge in [-0.2, -0.15) is 5.21 Å². The van der Waals surface area contributed by atoms with Gasteiger partial charge in [-0.25, -0.2) is 4.98 Å². The van der Waals surface area contributed by atoms with Crippen LogP contribution in [0.2, 0.25) is 5.02 Å². The average Bonchev–Trinajstić information content (AvgIpc) is 3.42. The fourth-order valence-corrected chi connectivity index (χ4v) is 3.61. The Balaban J connectivity index is 1.83. The fourth-order valence-electron chi connectivity index (χ4n) is 3.44. The lowest BCUT2D eigenvalue weighted by molar-refractivity contribution is 0.139. The molecule has 1 fully saturated rings. The third-order valence-corrected chi connectivity index (χ3v) is 4.95. The minimum atomic E-state index is -0.0634. The van der Waals surface area contributed by atoms with Crippen LogP contribution in [-0.4, -0.2) is 44.9 Å². The van der Waals surface area contributed by atoms with Gasteiger partial charge in [0.15, 0.2) is 0 Å². The van der Waals surface area contributed by atoms with Crippen LogP contribution in [-0.2, 0) is 4.74 Å². The SMILES string of the molecule is Clc1ccc2nc(O[C@@H]3CCOC3)c(-c3nn[nH]n3)c(-c3ccccc3)c2c1. The van der Waals surface area contributed by atoms with Gasteiger partial charge in [-0.1, -0.05) is 41.9 Å². The molecule has 5 rings (SSSR count). The highest BCUT2D eigenvalue weighted by Gasteiger charge is 2.26. The molecule has 0 radical (unpaired) electrons. The molecule has 1 aliphatic heterocycles. The van der Waals surface area contributed by atoms with Crippen LogP contribution in [0.25, 0.3) is 33.4 Å². The summed E-state index contributed by atoms with van der Waals surface area (Å²) in [5, 5.41) is 16.2. The monoisotopic (exact) mass is 393 g/mol. The van der Waals surface area contributed by atoms with Gasteiger partial charge in [0.2, 0.25) is 11.7 Å². The third-order valence-electron chi connectivity index (χ3n) is 4.71. The maximum absolute atomic E-state index is 6.31. The van der Waals surface area contributed by atoms with E-state index in [1.807, 2.05) is 48.5 Å². The summed E-state index contributed by atoms with van der Waals surface area (Å²) >= 11 is 6.31. The zero-order valence-electron chi connectivity index (χ0n) is 14.8. The molecule has 8 heteroatoms. The Labute approximate surface area is 165 Å². The number of halogens is 1. The normalized spacial score (nSPS) is 16.5. The number of benzene rings is 2. The Morgan fingerprint density at radius 2 is 2.00 bits per heavy atom. The minimum Gasteiger partial charge on any atom is -0.471 e. The molecule has 1 aliphatic rings. The van der Waals surface area contributed by atoms with E-state index in [9.17, 15) is 0 Å². The summed E-state index contributed by atoms with van der Waals surface area (Å²) in [6.07, 6.45) is 0.749. The van der Waals surface area contributed by atoms with Crippen molar-refractivity contribution in [2.75, 3.05) is 13.2 Å². The molecule has 0 saturated carbocycles. The largest absolute Gasteiger partial charge is 0.471 e. The second-order valence-electron chi connectivity index (χ2n) is 6.53. The maximum Gasteiger partial charge on any atom is 0.226 e. The van der Waals surface area contributed by atoms with E-state index in [2.05, 4.69) is 20.6 Å². The molecule has 140 valence electrons. The number of pyridine rings is 1. The predicted molar refractivity (Wildman–Crippen MR) is 105 cm³/mol. The molecule has 1 atom stereocenters. The summed E-state index contributed by atoms with van der Waals surface area (Å²) in [6.45, 7) is 1.21. The van der Waals surface area contributed by atoms with E-state index in [1.165, 1.54) is 0 Å². The van der Waals surface area contributed by atoms with Crippen molar-refractivity contribution in [1.82, 2.24) is 25.6 Å². The number of aromatic amines is 1. The zero-order chi connectivity index (χ0) is 18.9. The van der Waals surface area contributed by atoms with Crippen LogP contribution in [0, 0.1) is 0 Å². The number of rotatable bonds is 4. The summed E-state index contributed by atoms with van der Waals surface area (Å²) < 4.78 is 11.7. The lowest BCUT2D eigenvalue weighted by Gasteiger charge is -2.18. The van der Waals surface area contributed by atoms with E-state index >= 15 is 0 Å². The molecule has 7 nitrogen and oxygen atoms in total. The standard InChI is InChI=1S/C20H16ClN5O2/c21-13-6-7-16-15(10-13)17(12-4-2-1-3-5-12)18(19-23-25-26-24-19)20(22-16)28-14-8-9-27-11-14/h1-7,10,14H,8-9,11H2,(H,23,24,25,26)/t14-/m1/s1. The van der Waals surface area contributed by atoms with Gasteiger partial charge in [0.1, 0.15) is 6.10 Å². The van der Waals surface area contributed by atoms with E-state index < -0.39 is 0 Å². The summed E-state index contributed by atoms with van der Waals surface area (Å²) in [4.78, 5) is 4.76. The smallest absolute Gasteiger partial charge is 0.226 e. The lowest BCUT2D eigenvalue weighted by Crippen LogP contribution is -2.17. The van der Waals surface area contributed by atoms with Crippen LogP contribution in [0.1, 0.15) is 6.42 Å². The number of H-pyrrole nitrogens is 1. The molecule has 1 saturated heterocycles. The topological polar surface area (TPSA) is 85.8 Å². The first kappa shape index (κ1) is 17.1. The number of fused-ring (bicyclic) bond motifs is 1. The quantitative estimate of drug-likeness (QED) is 0.566. The highest BCUT2D eigenvalue weighted by atomic mass is 35.5. The number of nitrogens with zero attached hydrogens (tertiary/aromatic N) is 4. The third kappa shape index (κ3) is 3.08. The van der Waals surface area contributed by atoms with Crippen molar-refractivity contribution >= 4 is 22.5 Å². The van der Waals surface area contributed by atoms with Crippen molar-refractivity contribution in [3.63, 3.8) is 0 Å². The van der Waals surface area contributed by atoms with E-state index in [4.69, 9.17) is 26.1 Å². The maximum atomic E-state index is 6.31. The van der Waals surface area contributed by atoms with Crippen molar-refractivity contribution in [3.05, 3.63) is 53.6 Å². The molecule has 4 aromatic rings. The molecule has 0 bridgehead atoms. The van der Waals surface area contributed by atoms with Gasteiger partial charge in [-0.05, 0) is 29.0 Å². The number of tetrazole rings is 1. The first-order valence-corrected chi connectivity index (χ1v) is 9.34. The molecule has 1 N–H and O–H groups in total. The van der Waals surface area contributed by atoms with Crippen molar-refractivity contribution in [2.45, 2.75) is 12.5 Å². The van der Waals surface area contributed by atoms with Crippen molar-refractivity contribution in [3.8, 4) is 28.4 Å². The Morgan fingerprint density at radius 3 is 2.75 bits per heavy atom. The van der Waals surface area contributed by atoms with Crippen LogP contribution in [0.3, 0.4) is 0 Å². The first-order valence-electron chi connectivity index (χ1n) is 8.96. The van der Waals surface area contributed by atoms with Gasteiger partial charge in [-0.3, -0.25) is 0 Å². The molecule has 28 heavy (non-hydrogen) atoms. The number of aromatic nitrogens is 5. The highest BCUT2D eigenvalue weighted by Crippen LogP contribution is 2.42. The zero-order valence-corrected chi connectivity index (χ0v) is 15.6. The molecule has 0 aliphatic carbocycles. The molecular formula is C20H16ClN5O2. The Bertz CT molecular complexity index is 1110. The van der Waals surface area contributed by atoms with E-state index in [-0.39, 0.29) is 6.10 Å². The Kier molecular flexibility index (Phi) is 4.38. The van der Waals surface area contributed by atoms with Crippen LogP contribution in [0.15, 0.2) is 48.5 Å². The highest BCUT2D eigenvalue weighted by molar-refractivity contribution is 6.31. The molecule has 2 aromatic carbocycles. The van der Waals surface area contributed by atoms with Crippen molar-refractivity contribution in [2.24, 2.45) is 0 Å². The summed E-state index contributed by atoms with van der Waals surface area (Å²) in [5.41, 5.74) is 3.36. The molecule has 0 unspecified atom stereocenters. The lowest BCUT2D eigenvalue weighted by atomic mass is 9.95. The number of nitrogens with one attached hydrogen (secondary N) is 1. The van der Waals surface area contributed by atoms with Gasteiger partial charge in [0, 0.05) is 22.4 Å². The van der Waals surface area contributed by atoms with Gasteiger partial charge < -0.3 is 9.47 Å². The van der Waals surface area contributed by atoms with E-state index in [1.54, 1.807) is 0 Å². The predicted octanol–water partition coefficient (Wildman–Crippen LogP) is 3.90. The molecule has 2 aromatic heterocycles. The van der Waals surface area contributed by atoms with Crippen molar-refractivity contribution in [1.29, 1.82) is 0 Å². The fraction of sp³-hybridized carbons (Fsp3) is 0.200. The van der Waals surface area contributed by atoms with Crippen LogP contribution in [0.4, 0.5) is 0 Å². The number of ether oxygens (including phenoxy) is 2. The number of hydrogen-bond donors (Lipinski definition) is 1. The van der Waals surface area contributed by atoms with Crippen LogP contribution < -0.4 is 4.74 Å². The van der Waals surface area contributed by atoms with Crippen molar-refractivity contribution < 1.29 is 9.47 Å². The average molecular weight is 394 g/mol. The Morgan fingerprint density at radius 1 is 1.11 bits per heavy atom. The molecule has 0 amide bonds. The summed E-state index contributed by atoms with van der Waals surface area (Å²) in [6, 6.07) is 15.6. The second kappa shape index (κ2) is 7.18. The van der Waals surface area contributed by atoms with Crippen LogP contribution >= 0.6 is 11.6 Å². The van der Waals surface area contributed by atoms with Gasteiger partial charge in [0.05, 0.1) is 24.3 Å². The van der Waals surface area contributed by atoms with Gasteiger partial charge >= 0.3 is 0 Å². The summed E-state index contributed by atoms with van der Waals surface area (Å²) in [5.74, 6) is 0.882. The van der Waals surface area contributed by atoms with E-state index in [0.717, 1.165) is 28.5 Å². The van der Waals surface area contributed by atoms with E-state index in [0.29, 0.717) is 35.5 Å². The number of hydrogen-bond acceptors (Lipinski definition) is 6.